The summed E-state index contributed by atoms with van der Waals surface area (Å²) in [6.07, 6.45) is 0. The molecule has 0 saturated carbocycles. The molecule has 1 atom stereocenters. The van der Waals surface area contributed by atoms with Crippen LogP contribution in [0.25, 0.3) is 0 Å². The number of esters is 1. The van der Waals surface area contributed by atoms with Crippen LogP contribution in [0.4, 0.5) is 4.79 Å². The van der Waals surface area contributed by atoms with Crippen molar-refractivity contribution in [2.45, 2.75) is 19.9 Å². The van der Waals surface area contributed by atoms with E-state index in [-0.39, 0.29) is 18.1 Å². The van der Waals surface area contributed by atoms with Crippen molar-refractivity contribution in [3.05, 3.63) is 29.0 Å². The molecule has 1 fully saturated rings. The molecule has 11 nitrogen and oxygen atoms in total. The van der Waals surface area contributed by atoms with Gasteiger partial charge in [0, 0.05) is 50.9 Å². The molecule has 0 radical (unpaired) electrons. The standard InChI is InChI=1S/C23H32N4O7/c1-6-34-22(29)18-16(13-26-9-11-27(12-10-26)14(2)28)24-23(30)25-19(18)15-7-8-17(31-3)21(33-5)20(15)32-4/h7-8,19H,6,9-13H2,1-5H3,(H2,24,25,30). The zero-order valence-electron chi connectivity index (χ0n) is 20.2. The molecule has 0 bridgehead atoms. The molecule has 3 rings (SSSR count). The van der Waals surface area contributed by atoms with Crippen LogP contribution >= 0.6 is 0 Å². The number of hydrogen-bond acceptors (Lipinski definition) is 8. The molecule has 1 aromatic carbocycles. The Labute approximate surface area is 198 Å². The van der Waals surface area contributed by atoms with E-state index in [2.05, 4.69) is 15.5 Å². The molecule has 3 amide bonds. The normalized spacial score (nSPS) is 18.7. The van der Waals surface area contributed by atoms with Crippen molar-refractivity contribution in [3.8, 4) is 17.2 Å². The molecule has 0 spiro atoms. The van der Waals surface area contributed by atoms with Crippen LogP contribution in [0, 0.1) is 0 Å². The first kappa shape index (κ1) is 25.2. The van der Waals surface area contributed by atoms with E-state index in [1.807, 2.05) is 0 Å². The minimum atomic E-state index is -0.837. The Hall–Kier alpha value is -3.47. The van der Waals surface area contributed by atoms with Crippen LogP contribution in [0.1, 0.15) is 25.5 Å². The van der Waals surface area contributed by atoms with Crippen molar-refractivity contribution in [1.29, 1.82) is 0 Å². The van der Waals surface area contributed by atoms with Gasteiger partial charge in [-0.05, 0) is 19.1 Å². The number of urea groups is 1. The second-order valence-electron chi connectivity index (χ2n) is 7.85. The Bertz CT molecular complexity index is 970. The Kier molecular flexibility index (Phi) is 8.21. The quantitative estimate of drug-likeness (QED) is 0.535. The fourth-order valence-corrected chi connectivity index (χ4v) is 4.22. The average molecular weight is 477 g/mol. The molecule has 2 N–H and O–H groups in total. The van der Waals surface area contributed by atoms with Gasteiger partial charge in [-0.1, -0.05) is 0 Å². The van der Waals surface area contributed by atoms with Gasteiger partial charge in [-0.25, -0.2) is 9.59 Å². The number of benzene rings is 1. The first-order valence-corrected chi connectivity index (χ1v) is 11.1. The molecule has 1 saturated heterocycles. The smallest absolute Gasteiger partial charge is 0.338 e. The predicted molar refractivity (Wildman–Crippen MR) is 123 cm³/mol. The van der Waals surface area contributed by atoms with E-state index in [0.717, 1.165) is 0 Å². The first-order chi connectivity index (χ1) is 16.3. The largest absolute Gasteiger partial charge is 0.493 e. The fraction of sp³-hybridized carbons (Fsp3) is 0.522. The topological polar surface area (TPSA) is 119 Å². The van der Waals surface area contributed by atoms with Gasteiger partial charge < -0.3 is 34.5 Å². The summed E-state index contributed by atoms with van der Waals surface area (Å²) in [5.41, 5.74) is 1.25. The molecule has 2 heterocycles. The molecule has 2 aliphatic heterocycles. The van der Waals surface area contributed by atoms with Crippen molar-refractivity contribution in [2.75, 3.05) is 60.7 Å². The van der Waals surface area contributed by atoms with Crippen LogP contribution < -0.4 is 24.8 Å². The fourth-order valence-electron chi connectivity index (χ4n) is 4.22. The zero-order valence-corrected chi connectivity index (χ0v) is 20.2. The van der Waals surface area contributed by atoms with Crippen LogP contribution in [0.2, 0.25) is 0 Å². The van der Waals surface area contributed by atoms with Gasteiger partial charge in [-0.2, -0.15) is 0 Å². The monoisotopic (exact) mass is 476 g/mol. The van der Waals surface area contributed by atoms with Gasteiger partial charge in [0.25, 0.3) is 0 Å². The van der Waals surface area contributed by atoms with Gasteiger partial charge >= 0.3 is 12.0 Å². The van der Waals surface area contributed by atoms with Gasteiger partial charge in [0.2, 0.25) is 11.7 Å². The molecule has 1 aromatic rings. The van der Waals surface area contributed by atoms with Gasteiger partial charge in [0.05, 0.1) is 39.6 Å². The SMILES string of the molecule is CCOC(=O)C1=C(CN2CCN(C(C)=O)CC2)NC(=O)NC1c1ccc(OC)c(OC)c1OC. The van der Waals surface area contributed by atoms with E-state index in [1.54, 1.807) is 30.9 Å². The third-order valence-corrected chi connectivity index (χ3v) is 5.89. The first-order valence-electron chi connectivity index (χ1n) is 11.1. The number of rotatable bonds is 8. The Morgan fingerprint density at radius 1 is 1.03 bits per heavy atom. The number of nitrogens with one attached hydrogen (secondary N) is 2. The lowest BCUT2D eigenvalue weighted by molar-refractivity contribution is -0.139. The van der Waals surface area contributed by atoms with E-state index in [9.17, 15) is 14.4 Å². The van der Waals surface area contributed by atoms with Crippen LogP contribution in [0.5, 0.6) is 17.2 Å². The third kappa shape index (κ3) is 5.19. The molecule has 11 heteroatoms. The van der Waals surface area contributed by atoms with E-state index in [1.165, 1.54) is 21.3 Å². The summed E-state index contributed by atoms with van der Waals surface area (Å²) >= 11 is 0. The van der Waals surface area contributed by atoms with Crippen LogP contribution in [0.3, 0.4) is 0 Å². The summed E-state index contributed by atoms with van der Waals surface area (Å²) in [4.78, 5) is 41.3. The number of ether oxygens (including phenoxy) is 4. The summed E-state index contributed by atoms with van der Waals surface area (Å²) < 4.78 is 21.8. The molecule has 2 aliphatic rings. The molecule has 0 aromatic heterocycles. The van der Waals surface area contributed by atoms with Gasteiger partial charge in [0.15, 0.2) is 11.5 Å². The number of nitrogens with zero attached hydrogens (tertiary/aromatic N) is 2. The average Bonchev–Trinajstić information content (AvgIpc) is 2.82. The number of methoxy groups -OCH3 is 3. The lowest BCUT2D eigenvalue weighted by atomic mass is 9.93. The minimum absolute atomic E-state index is 0.0295. The van der Waals surface area contributed by atoms with Crippen molar-refractivity contribution in [2.24, 2.45) is 0 Å². The molecular formula is C23H32N4O7. The molecule has 0 aliphatic carbocycles. The van der Waals surface area contributed by atoms with Crippen molar-refractivity contribution < 1.29 is 33.3 Å². The highest BCUT2D eigenvalue weighted by molar-refractivity contribution is 5.95. The maximum Gasteiger partial charge on any atom is 0.338 e. The molecule has 186 valence electrons. The van der Waals surface area contributed by atoms with Gasteiger partial charge in [-0.3, -0.25) is 9.69 Å². The van der Waals surface area contributed by atoms with Crippen LogP contribution in [0.15, 0.2) is 23.4 Å². The predicted octanol–water partition coefficient (Wildman–Crippen LogP) is 1.05. The maximum atomic E-state index is 13.1. The van der Waals surface area contributed by atoms with Crippen LogP contribution in [-0.2, 0) is 14.3 Å². The minimum Gasteiger partial charge on any atom is -0.493 e. The Morgan fingerprint density at radius 2 is 1.71 bits per heavy atom. The van der Waals surface area contributed by atoms with E-state index in [0.29, 0.717) is 61.2 Å². The Balaban J connectivity index is 2.03. The highest BCUT2D eigenvalue weighted by Gasteiger charge is 2.37. The summed E-state index contributed by atoms with van der Waals surface area (Å²) in [6, 6.07) is 2.12. The molecule has 1 unspecified atom stereocenters. The lowest BCUT2D eigenvalue weighted by Gasteiger charge is -2.36. The summed E-state index contributed by atoms with van der Waals surface area (Å²) in [6.45, 7) is 6.16. The zero-order chi connectivity index (χ0) is 24.8. The van der Waals surface area contributed by atoms with Crippen molar-refractivity contribution >= 4 is 17.9 Å². The number of hydrogen-bond donors (Lipinski definition) is 2. The lowest BCUT2D eigenvalue weighted by Crippen LogP contribution is -2.52. The highest BCUT2D eigenvalue weighted by atomic mass is 16.5. The number of carbonyl (C=O) groups excluding carboxylic acids is 3. The van der Waals surface area contributed by atoms with Crippen LogP contribution in [-0.4, -0.2) is 88.4 Å². The summed E-state index contributed by atoms with van der Waals surface area (Å²) in [5, 5.41) is 5.60. The molecule has 34 heavy (non-hydrogen) atoms. The maximum absolute atomic E-state index is 13.1. The summed E-state index contributed by atoms with van der Waals surface area (Å²) in [5.74, 6) is 0.621. The van der Waals surface area contributed by atoms with Crippen molar-refractivity contribution in [1.82, 2.24) is 20.4 Å². The molecular weight excluding hydrogens is 444 g/mol. The second-order valence-corrected chi connectivity index (χ2v) is 7.85. The van der Waals surface area contributed by atoms with E-state index < -0.39 is 18.0 Å². The van der Waals surface area contributed by atoms with Gasteiger partial charge in [-0.15, -0.1) is 0 Å². The highest BCUT2D eigenvalue weighted by Crippen LogP contribution is 2.44. The number of carbonyl (C=O) groups is 3. The number of amides is 3. The Morgan fingerprint density at radius 3 is 2.26 bits per heavy atom. The second kappa shape index (κ2) is 11.1. The van der Waals surface area contributed by atoms with E-state index >= 15 is 0 Å². The summed E-state index contributed by atoms with van der Waals surface area (Å²) in [7, 11) is 4.48. The van der Waals surface area contributed by atoms with Crippen molar-refractivity contribution in [3.63, 3.8) is 0 Å². The number of piperazine rings is 1. The van der Waals surface area contributed by atoms with Gasteiger partial charge in [0.1, 0.15) is 0 Å². The third-order valence-electron chi connectivity index (χ3n) is 5.89. The van der Waals surface area contributed by atoms with E-state index in [4.69, 9.17) is 18.9 Å².